The molecule has 0 spiro atoms. The summed E-state index contributed by atoms with van der Waals surface area (Å²) in [6.45, 7) is 0.00443. The quantitative estimate of drug-likeness (QED) is 0.746. The van der Waals surface area contributed by atoms with Crippen LogP contribution in [0.1, 0.15) is 11.4 Å². The molecular formula is C16H21N5O2S. The number of carbonyl (C=O) groups excluding carboxylic acids is 2. The number of likely N-dealkylation sites (N-methyl/N-ethyl adjacent to an activating group) is 1. The van der Waals surface area contributed by atoms with E-state index >= 15 is 0 Å². The maximum Gasteiger partial charge on any atom is 0.241 e. The van der Waals surface area contributed by atoms with Crippen molar-refractivity contribution in [3.8, 4) is 0 Å². The van der Waals surface area contributed by atoms with Gasteiger partial charge in [0.1, 0.15) is 5.82 Å². The number of nitrogens with one attached hydrogen (secondary N) is 1. The molecule has 2 aromatic rings. The van der Waals surface area contributed by atoms with Crippen LogP contribution < -0.4 is 5.32 Å². The molecule has 1 heterocycles. The lowest BCUT2D eigenvalue weighted by atomic mass is 10.1. The first-order valence-corrected chi connectivity index (χ1v) is 8.47. The van der Waals surface area contributed by atoms with Crippen LogP contribution in [-0.2, 0) is 23.1 Å². The zero-order valence-electron chi connectivity index (χ0n) is 14.0. The third-order valence-electron chi connectivity index (χ3n) is 3.40. The van der Waals surface area contributed by atoms with Crippen LogP contribution in [0.15, 0.2) is 35.5 Å². The van der Waals surface area contributed by atoms with Crippen LogP contribution in [0, 0.1) is 0 Å². The number of rotatable bonds is 7. The highest BCUT2D eigenvalue weighted by molar-refractivity contribution is 7.99. The van der Waals surface area contributed by atoms with Gasteiger partial charge in [-0.25, -0.2) is 0 Å². The fourth-order valence-corrected chi connectivity index (χ4v) is 2.68. The minimum absolute atomic E-state index is 0.00443. The number of hydrogen-bond acceptors (Lipinski definition) is 5. The highest BCUT2D eigenvalue weighted by atomic mass is 32.2. The molecule has 7 nitrogen and oxygen atoms in total. The molecule has 2 rings (SSSR count). The van der Waals surface area contributed by atoms with Crippen molar-refractivity contribution < 1.29 is 9.59 Å². The van der Waals surface area contributed by atoms with Crippen LogP contribution >= 0.6 is 11.8 Å². The van der Waals surface area contributed by atoms with Gasteiger partial charge in [0.2, 0.25) is 11.8 Å². The summed E-state index contributed by atoms with van der Waals surface area (Å²) < 4.78 is 1.88. The predicted octanol–water partition coefficient (Wildman–Crippen LogP) is 0.702. The molecule has 24 heavy (non-hydrogen) atoms. The molecule has 8 heteroatoms. The molecule has 0 atom stereocenters. The number of amides is 2. The van der Waals surface area contributed by atoms with Crippen LogP contribution in [-0.4, -0.2) is 57.9 Å². The Bertz CT molecular complexity index is 700. The van der Waals surface area contributed by atoms with Crippen molar-refractivity contribution in [1.82, 2.24) is 25.0 Å². The standard InChI is InChI=1S/C16H21N5O2S/c1-20(2)15(23)10-17-14(22)11-24-16-19-18-13(21(16)3)9-12-7-5-4-6-8-12/h4-8H,9-11H2,1-3H3,(H,17,22). The number of aromatic nitrogens is 3. The topological polar surface area (TPSA) is 80.1 Å². The average Bonchev–Trinajstić information content (AvgIpc) is 2.91. The van der Waals surface area contributed by atoms with E-state index in [1.807, 2.05) is 41.9 Å². The number of thioether (sulfide) groups is 1. The summed E-state index contributed by atoms with van der Waals surface area (Å²) in [7, 11) is 5.18. The lowest BCUT2D eigenvalue weighted by molar-refractivity contribution is -0.130. The summed E-state index contributed by atoms with van der Waals surface area (Å²) in [6.07, 6.45) is 0.689. The molecular weight excluding hydrogens is 326 g/mol. The van der Waals surface area contributed by atoms with E-state index in [0.717, 1.165) is 11.4 Å². The molecule has 0 unspecified atom stereocenters. The zero-order valence-corrected chi connectivity index (χ0v) is 14.8. The van der Waals surface area contributed by atoms with Crippen molar-refractivity contribution in [3.05, 3.63) is 41.7 Å². The summed E-state index contributed by atoms with van der Waals surface area (Å²) in [5, 5.41) is 11.6. The van der Waals surface area contributed by atoms with Gasteiger partial charge in [0, 0.05) is 27.6 Å². The van der Waals surface area contributed by atoms with Gasteiger partial charge in [-0.2, -0.15) is 0 Å². The second kappa shape index (κ2) is 8.49. The maximum absolute atomic E-state index is 11.8. The third kappa shape index (κ3) is 5.09. The Hall–Kier alpha value is -2.35. The fourth-order valence-electron chi connectivity index (χ4n) is 1.92. The van der Waals surface area contributed by atoms with Crippen molar-refractivity contribution in [2.45, 2.75) is 11.6 Å². The normalized spacial score (nSPS) is 10.5. The monoisotopic (exact) mass is 347 g/mol. The van der Waals surface area contributed by atoms with Gasteiger partial charge in [-0.3, -0.25) is 9.59 Å². The van der Waals surface area contributed by atoms with Gasteiger partial charge in [-0.05, 0) is 5.56 Å². The summed E-state index contributed by atoms with van der Waals surface area (Å²) >= 11 is 1.30. The molecule has 0 radical (unpaired) electrons. The van der Waals surface area contributed by atoms with Crippen molar-refractivity contribution in [2.75, 3.05) is 26.4 Å². The number of hydrogen-bond donors (Lipinski definition) is 1. The van der Waals surface area contributed by atoms with E-state index in [2.05, 4.69) is 15.5 Å². The SMILES string of the molecule is CN(C)C(=O)CNC(=O)CSc1nnc(Cc2ccccc2)n1C. The van der Waals surface area contributed by atoms with Gasteiger partial charge < -0.3 is 14.8 Å². The zero-order chi connectivity index (χ0) is 17.5. The largest absolute Gasteiger partial charge is 0.347 e. The minimum Gasteiger partial charge on any atom is -0.347 e. The van der Waals surface area contributed by atoms with Gasteiger partial charge in [0.05, 0.1) is 12.3 Å². The van der Waals surface area contributed by atoms with E-state index in [1.165, 1.54) is 16.7 Å². The first-order chi connectivity index (χ1) is 11.5. The molecule has 1 N–H and O–H groups in total. The molecule has 0 saturated carbocycles. The number of carbonyl (C=O) groups is 2. The first-order valence-electron chi connectivity index (χ1n) is 7.49. The minimum atomic E-state index is -0.206. The van der Waals surface area contributed by atoms with E-state index in [9.17, 15) is 9.59 Å². The summed E-state index contributed by atoms with van der Waals surface area (Å²) in [5.74, 6) is 0.685. The average molecular weight is 347 g/mol. The van der Waals surface area contributed by atoms with Crippen LogP contribution in [0.3, 0.4) is 0 Å². The molecule has 0 bridgehead atoms. The highest BCUT2D eigenvalue weighted by Gasteiger charge is 2.12. The Morgan fingerprint density at radius 1 is 1.21 bits per heavy atom. The molecule has 0 aliphatic carbocycles. The third-order valence-corrected chi connectivity index (χ3v) is 4.42. The molecule has 0 aliphatic rings. The van der Waals surface area contributed by atoms with Gasteiger partial charge >= 0.3 is 0 Å². The molecule has 0 saturated heterocycles. The Labute approximate surface area is 145 Å². The van der Waals surface area contributed by atoms with Crippen LogP contribution in [0.2, 0.25) is 0 Å². The van der Waals surface area contributed by atoms with Gasteiger partial charge in [-0.1, -0.05) is 42.1 Å². The van der Waals surface area contributed by atoms with Gasteiger partial charge in [0.15, 0.2) is 5.16 Å². The number of benzene rings is 1. The van der Waals surface area contributed by atoms with Crippen molar-refractivity contribution in [3.63, 3.8) is 0 Å². The van der Waals surface area contributed by atoms with Crippen molar-refractivity contribution in [2.24, 2.45) is 7.05 Å². The Morgan fingerprint density at radius 2 is 1.92 bits per heavy atom. The lowest BCUT2D eigenvalue weighted by Crippen LogP contribution is -2.37. The van der Waals surface area contributed by atoms with Crippen LogP contribution in [0.5, 0.6) is 0 Å². The second-order valence-electron chi connectivity index (χ2n) is 5.47. The van der Waals surface area contributed by atoms with Crippen molar-refractivity contribution >= 4 is 23.6 Å². The molecule has 128 valence electrons. The molecule has 0 aliphatic heterocycles. The maximum atomic E-state index is 11.8. The molecule has 1 aromatic heterocycles. The Kier molecular flexibility index (Phi) is 6.36. The van der Waals surface area contributed by atoms with E-state index in [4.69, 9.17) is 0 Å². The van der Waals surface area contributed by atoms with Crippen LogP contribution in [0.25, 0.3) is 0 Å². The fraction of sp³-hybridized carbons (Fsp3) is 0.375. The van der Waals surface area contributed by atoms with E-state index in [-0.39, 0.29) is 24.1 Å². The summed E-state index contributed by atoms with van der Waals surface area (Å²) in [6, 6.07) is 10.0. The van der Waals surface area contributed by atoms with Crippen LogP contribution in [0.4, 0.5) is 0 Å². The summed E-state index contributed by atoms with van der Waals surface area (Å²) in [4.78, 5) is 24.7. The number of nitrogens with zero attached hydrogens (tertiary/aromatic N) is 4. The predicted molar refractivity (Wildman–Crippen MR) is 92.7 cm³/mol. The molecule has 1 aromatic carbocycles. The van der Waals surface area contributed by atoms with E-state index in [1.54, 1.807) is 14.1 Å². The lowest BCUT2D eigenvalue weighted by Gasteiger charge is -2.10. The van der Waals surface area contributed by atoms with Crippen molar-refractivity contribution in [1.29, 1.82) is 0 Å². The van der Waals surface area contributed by atoms with E-state index in [0.29, 0.717) is 11.6 Å². The smallest absolute Gasteiger partial charge is 0.241 e. The Balaban J connectivity index is 1.85. The highest BCUT2D eigenvalue weighted by Crippen LogP contribution is 2.17. The molecule has 2 amide bonds. The van der Waals surface area contributed by atoms with Gasteiger partial charge in [0.25, 0.3) is 0 Å². The second-order valence-corrected chi connectivity index (χ2v) is 6.42. The summed E-state index contributed by atoms with van der Waals surface area (Å²) in [5.41, 5.74) is 1.16. The Morgan fingerprint density at radius 3 is 2.58 bits per heavy atom. The molecule has 0 fully saturated rings. The van der Waals surface area contributed by atoms with Gasteiger partial charge in [-0.15, -0.1) is 10.2 Å². The first kappa shape index (κ1) is 18.0. The van der Waals surface area contributed by atoms with E-state index < -0.39 is 0 Å².